The first kappa shape index (κ1) is 16.0. The average molecular weight is 312 g/mol. The molecule has 1 aromatic carbocycles. The van der Waals surface area contributed by atoms with E-state index < -0.39 is 0 Å². The third-order valence-corrected chi connectivity index (χ3v) is 4.43. The highest BCUT2D eigenvalue weighted by molar-refractivity contribution is 5.37. The van der Waals surface area contributed by atoms with Crippen LogP contribution in [0.25, 0.3) is 0 Å². The molecule has 4 nitrogen and oxygen atoms in total. The second-order valence-corrected chi connectivity index (χ2v) is 6.17. The maximum absolute atomic E-state index is 10.0. The molecule has 3 rings (SSSR count). The highest BCUT2D eigenvalue weighted by atomic mass is 16.5. The van der Waals surface area contributed by atoms with Crippen LogP contribution in [0.1, 0.15) is 31.7 Å². The van der Waals surface area contributed by atoms with Gasteiger partial charge in [0.2, 0.25) is 0 Å². The van der Waals surface area contributed by atoms with Gasteiger partial charge in [0.25, 0.3) is 0 Å². The third-order valence-electron chi connectivity index (χ3n) is 4.43. The minimum atomic E-state index is -0.304. The summed E-state index contributed by atoms with van der Waals surface area (Å²) in [5, 5.41) is 10.0. The predicted molar refractivity (Wildman–Crippen MR) is 90.5 cm³/mol. The highest BCUT2D eigenvalue weighted by Gasteiger charge is 2.26. The third kappa shape index (κ3) is 4.09. The van der Waals surface area contributed by atoms with Gasteiger partial charge in [-0.3, -0.25) is 9.88 Å². The topological polar surface area (TPSA) is 45.6 Å². The Balaban J connectivity index is 1.77. The van der Waals surface area contributed by atoms with Crippen LogP contribution in [0.3, 0.4) is 0 Å². The Bertz CT molecular complexity index is 616. The molecule has 4 heteroatoms. The summed E-state index contributed by atoms with van der Waals surface area (Å²) in [6, 6.07) is 12.1. The van der Waals surface area contributed by atoms with Gasteiger partial charge >= 0.3 is 0 Å². The zero-order valence-electron chi connectivity index (χ0n) is 13.6. The Hall–Kier alpha value is -1.91. The molecule has 2 aromatic rings. The lowest BCUT2D eigenvalue weighted by Gasteiger charge is -2.37. The largest absolute Gasteiger partial charge is 0.455 e. The molecule has 2 heterocycles. The van der Waals surface area contributed by atoms with Crippen LogP contribution in [0.5, 0.6) is 11.5 Å². The molecule has 1 saturated heterocycles. The van der Waals surface area contributed by atoms with Crippen molar-refractivity contribution < 1.29 is 9.84 Å². The van der Waals surface area contributed by atoms with Crippen molar-refractivity contribution in [2.45, 2.75) is 44.9 Å². The highest BCUT2D eigenvalue weighted by Crippen LogP contribution is 2.28. The molecule has 0 radical (unpaired) electrons. The number of piperidine rings is 1. The van der Waals surface area contributed by atoms with Crippen molar-refractivity contribution in [3.05, 3.63) is 54.4 Å². The minimum Gasteiger partial charge on any atom is -0.455 e. The van der Waals surface area contributed by atoms with Crippen molar-refractivity contribution in [1.29, 1.82) is 0 Å². The molecular formula is C19H24N2O2. The van der Waals surface area contributed by atoms with E-state index in [0.29, 0.717) is 0 Å². The molecule has 0 amide bonds. The molecule has 2 atom stereocenters. The molecule has 2 unspecified atom stereocenters. The van der Waals surface area contributed by atoms with E-state index in [0.717, 1.165) is 36.6 Å². The number of aliphatic hydroxyl groups is 1. The van der Waals surface area contributed by atoms with E-state index in [-0.39, 0.29) is 12.1 Å². The number of nitrogens with zero attached hydrogens (tertiary/aromatic N) is 2. The van der Waals surface area contributed by atoms with Gasteiger partial charge in [0.1, 0.15) is 11.5 Å². The Morgan fingerprint density at radius 3 is 2.91 bits per heavy atom. The molecule has 0 spiro atoms. The second kappa shape index (κ2) is 7.57. The summed E-state index contributed by atoms with van der Waals surface area (Å²) < 4.78 is 6.00. The van der Waals surface area contributed by atoms with Crippen LogP contribution in [0, 0.1) is 0 Å². The number of hydrogen-bond donors (Lipinski definition) is 1. The van der Waals surface area contributed by atoms with E-state index in [4.69, 9.17) is 4.74 Å². The summed E-state index contributed by atoms with van der Waals surface area (Å²) >= 11 is 0. The van der Waals surface area contributed by atoms with Crippen LogP contribution in [0.15, 0.2) is 48.8 Å². The fourth-order valence-corrected chi connectivity index (χ4v) is 3.25. The van der Waals surface area contributed by atoms with Gasteiger partial charge in [-0.25, -0.2) is 0 Å². The molecule has 0 bridgehead atoms. The lowest BCUT2D eigenvalue weighted by Crippen LogP contribution is -2.45. The van der Waals surface area contributed by atoms with E-state index in [9.17, 15) is 5.11 Å². The van der Waals surface area contributed by atoms with E-state index in [1.807, 2.05) is 37.3 Å². The number of likely N-dealkylation sites (tertiary alicyclic amines) is 1. The van der Waals surface area contributed by atoms with Crippen molar-refractivity contribution in [3.8, 4) is 11.5 Å². The maximum atomic E-state index is 10.0. The number of aliphatic hydroxyl groups excluding tert-OH is 1. The van der Waals surface area contributed by atoms with Crippen molar-refractivity contribution in [1.82, 2.24) is 9.88 Å². The quantitative estimate of drug-likeness (QED) is 0.916. The van der Waals surface area contributed by atoms with Gasteiger partial charge in [0, 0.05) is 24.3 Å². The summed E-state index contributed by atoms with van der Waals surface area (Å²) in [4.78, 5) is 6.47. The molecule has 1 fully saturated rings. The zero-order chi connectivity index (χ0) is 16.1. The Kier molecular flexibility index (Phi) is 5.26. The van der Waals surface area contributed by atoms with E-state index >= 15 is 0 Å². The van der Waals surface area contributed by atoms with E-state index in [1.165, 1.54) is 12.8 Å². The van der Waals surface area contributed by atoms with Gasteiger partial charge in [0.15, 0.2) is 0 Å². The minimum absolute atomic E-state index is 0.232. The summed E-state index contributed by atoms with van der Waals surface area (Å²) in [5.41, 5.74) is 1.14. The fourth-order valence-electron chi connectivity index (χ4n) is 3.25. The molecule has 0 aliphatic carbocycles. The van der Waals surface area contributed by atoms with Gasteiger partial charge in [0.05, 0.1) is 12.3 Å². The zero-order valence-corrected chi connectivity index (χ0v) is 13.6. The number of ether oxygens (including phenoxy) is 1. The van der Waals surface area contributed by atoms with Crippen molar-refractivity contribution >= 4 is 0 Å². The fraction of sp³-hybridized carbons (Fsp3) is 0.421. The van der Waals surface area contributed by atoms with Crippen molar-refractivity contribution in [2.75, 3.05) is 6.54 Å². The van der Waals surface area contributed by atoms with Gasteiger partial charge in [-0.1, -0.05) is 24.6 Å². The van der Waals surface area contributed by atoms with E-state index in [2.05, 4.69) is 16.0 Å². The Labute approximate surface area is 137 Å². The SMILES string of the molecule is CC(O)C1CCCCN1Cc1ccccc1Oc1cccnc1. The van der Waals surface area contributed by atoms with Gasteiger partial charge < -0.3 is 9.84 Å². The van der Waals surface area contributed by atoms with Crippen LogP contribution in [0.4, 0.5) is 0 Å². The molecule has 1 aliphatic heterocycles. The average Bonchev–Trinajstić information content (AvgIpc) is 2.58. The molecule has 1 N–H and O–H groups in total. The first-order chi connectivity index (χ1) is 11.2. The molecular weight excluding hydrogens is 288 g/mol. The van der Waals surface area contributed by atoms with Crippen LogP contribution < -0.4 is 4.74 Å². The first-order valence-electron chi connectivity index (χ1n) is 8.32. The number of pyridine rings is 1. The Morgan fingerprint density at radius 1 is 1.26 bits per heavy atom. The smallest absolute Gasteiger partial charge is 0.145 e. The lowest BCUT2D eigenvalue weighted by atomic mass is 9.97. The summed E-state index contributed by atoms with van der Waals surface area (Å²) in [6.45, 7) is 3.71. The lowest BCUT2D eigenvalue weighted by molar-refractivity contribution is 0.0313. The second-order valence-electron chi connectivity index (χ2n) is 6.17. The first-order valence-corrected chi connectivity index (χ1v) is 8.32. The number of benzene rings is 1. The maximum Gasteiger partial charge on any atom is 0.145 e. The van der Waals surface area contributed by atoms with Gasteiger partial charge in [-0.2, -0.15) is 0 Å². The van der Waals surface area contributed by atoms with Crippen LogP contribution in [0.2, 0.25) is 0 Å². The summed E-state index contributed by atoms with van der Waals surface area (Å²) in [6.07, 6.45) is 6.59. The molecule has 1 aromatic heterocycles. The van der Waals surface area contributed by atoms with E-state index in [1.54, 1.807) is 12.4 Å². The summed E-state index contributed by atoms with van der Waals surface area (Å²) in [5.74, 6) is 1.60. The number of aromatic nitrogens is 1. The number of para-hydroxylation sites is 1. The van der Waals surface area contributed by atoms with Crippen molar-refractivity contribution in [2.24, 2.45) is 0 Å². The monoisotopic (exact) mass is 312 g/mol. The molecule has 23 heavy (non-hydrogen) atoms. The van der Waals surface area contributed by atoms with Gasteiger partial charge in [-0.05, 0) is 44.5 Å². The normalized spacial score (nSPS) is 20.2. The number of hydrogen-bond acceptors (Lipinski definition) is 4. The molecule has 0 saturated carbocycles. The van der Waals surface area contributed by atoms with Crippen molar-refractivity contribution in [3.63, 3.8) is 0 Å². The number of rotatable bonds is 5. The molecule has 1 aliphatic rings. The van der Waals surface area contributed by atoms with Crippen LogP contribution >= 0.6 is 0 Å². The predicted octanol–water partition coefficient (Wildman–Crippen LogP) is 3.61. The standard InChI is InChI=1S/C19H24N2O2/c1-15(22)18-9-4-5-12-21(18)14-16-7-2-3-10-19(16)23-17-8-6-11-20-13-17/h2-3,6-8,10-11,13,15,18,22H,4-5,9,12,14H2,1H3. The Morgan fingerprint density at radius 2 is 2.13 bits per heavy atom. The van der Waals surface area contributed by atoms with Crippen LogP contribution in [-0.2, 0) is 6.54 Å². The van der Waals surface area contributed by atoms with Gasteiger partial charge in [-0.15, -0.1) is 0 Å². The van der Waals surface area contributed by atoms with Crippen LogP contribution in [-0.4, -0.2) is 33.7 Å². The summed E-state index contributed by atoms with van der Waals surface area (Å²) in [7, 11) is 0. The molecule has 122 valence electrons.